The van der Waals surface area contributed by atoms with E-state index < -0.39 is 11.6 Å². The molecule has 0 aliphatic heterocycles. The molecule has 0 spiro atoms. The topological polar surface area (TPSA) is 49.4 Å². The Morgan fingerprint density at radius 2 is 1.69 bits per heavy atom. The quantitative estimate of drug-likeness (QED) is 0.752. The summed E-state index contributed by atoms with van der Waals surface area (Å²) in [7, 11) is 0. The normalized spacial score (nSPS) is 12.3. The van der Waals surface area contributed by atoms with Gasteiger partial charge in [-0.1, -0.05) is 43.3 Å². The van der Waals surface area contributed by atoms with Crippen LogP contribution in [0.3, 0.4) is 0 Å². The largest absolute Gasteiger partial charge is 0.350 e. The molecule has 2 amide bonds. The van der Waals surface area contributed by atoms with E-state index in [9.17, 15) is 14.0 Å². The Balaban J connectivity index is 2.32. The maximum atomic E-state index is 13.3. The predicted molar refractivity (Wildman–Crippen MR) is 114 cm³/mol. The molecule has 0 heterocycles. The summed E-state index contributed by atoms with van der Waals surface area (Å²) >= 11 is 0. The van der Waals surface area contributed by atoms with Crippen LogP contribution in [0.5, 0.6) is 0 Å². The number of rotatable bonds is 7. The van der Waals surface area contributed by atoms with Crippen molar-refractivity contribution in [1.82, 2.24) is 10.2 Å². The second-order valence-electron chi connectivity index (χ2n) is 8.41. The minimum Gasteiger partial charge on any atom is -0.350 e. The molecule has 0 aliphatic carbocycles. The zero-order chi connectivity index (χ0) is 21.6. The number of nitrogens with one attached hydrogen (secondary N) is 1. The first kappa shape index (κ1) is 22.6. The fourth-order valence-corrected chi connectivity index (χ4v) is 3.23. The Bertz CT molecular complexity index is 841. The number of benzene rings is 2. The molecule has 1 atom stereocenters. The molecule has 2 aromatic carbocycles. The number of amides is 2. The molecular formula is C24H31FN2O2. The van der Waals surface area contributed by atoms with E-state index in [0.29, 0.717) is 6.42 Å². The van der Waals surface area contributed by atoms with Gasteiger partial charge >= 0.3 is 0 Å². The average Bonchev–Trinajstić information content (AvgIpc) is 2.63. The van der Waals surface area contributed by atoms with Crippen LogP contribution in [-0.4, -0.2) is 28.3 Å². The minimum absolute atomic E-state index is 0.125. The Kier molecular flexibility index (Phi) is 7.54. The lowest BCUT2D eigenvalue weighted by Crippen LogP contribution is -2.53. The van der Waals surface area contributed by atoms with Gasteiger partial charge in [0.15, 0.2) is 0 Å². The molecule has 1 N–H and O–H groups in total. The van der Waals surface area contributed by atoms with Gasteiger partial charge in [-0.2, -0.15) is 0 Å². The molecule has 1 unspecified atom stereocenters. The van der Waals surface area contributed by atoms with E-state index in [1.54, 1.807) is 17.0 Å². The zero-order valence-corrected chi connectivity index (χ0v) is 18.0. The molecule has 2 rings (SSSR count). The first-order valence-electron chi connectivity index (χ1n) is 10.0. The summed E-state index contributed by atoms with van der Waals surface area (Å²) in [5, 5.41) is 2.98. The lowest BCUT2D eigenvalue weighted by Gasteiger charge is -2.33. The molecule has 0 fully saturated rings. The lowest BCUT2D eigenvalue weighted by molar-refractivity contribution is -0.141. The van der Waals surface area contributed by atoms with Crippen LogP contribution in [0.4, 0.5) is 4.39 Å². The van der Waals surface area contributed by atoms with Crippen LogP contribution in [0.2, 0.25) is 0 Å². The molecule has 0 saturated heterocycles. The van der Waals surface area contributed by atoms with E-state index in [1.807, 2.05) is 58.9 Å². The summed E-state index contributed by atoms with van der Waals surface area (Å²) < 4.78 is 13.3. The first-order chi connectivity index (χ1) is 13.6. The van der Waals surface area contributed by atoms with E-state index in [4.69, 9.17) is 0 Å². The molecule has 0 radical (unpaired) electrons. The Hall–Kier alpha value is -2.69. The van der Waals surface area contributed by atoms with Crippen molar-refractivity contribution >= 4 is 11.8 Å². The Morgan fingerprint density at radius 3 is 2.24 bits per heavy atom. The van der Waals surface area contributed by atoms with Gasteiger partial charge in [0, 0.05) is 12.1 Å². The maximum absolute atomic E-state index is 13.3. The number of nitrogens with zero attached hydrogens (tertiary/aromatic N) is 1. The number of carbonyl (C=O) groups is 2. The molecule has 0 aromatic heterocycles. The van der Waals surface area contributed by atoms with Gasteiger partial charge in [-0.05, 0) is 62.9 Å². The maximum Gasteiger partial charge on any atom is 0.243 e. The summed E-state index contributed by atoms with van der Waals surface area (Å²) in [6.45, 7) is 9.86. The molecule has 4 nitrogen and oxygen atoms in total. The van der Waals surface area contributed by atoms with Crippen molar-refractivity contribution < 1.29 is 14.0 Å². The van der Waals surface area contributed by atoms with Gasteiger partial charge in [0.05, 0.1) is 6.42 Å². The molecule has 0 bridgehead atoms. The van der Waals surface area contributed by atoms with Crippen LogP contribution in [-0.2, 0) is 22.6 Å². The van der Waals surface area contributed by atoms with E-state index in [0.717, 1.165) is 16.7 Å². The standard InChI is InChI=1S/C24H31FN2O2/c1-6-21(23(29)26-24(3,4)5)27(16-18-11-13-20(25)14-12-18)22(28)15-19-10-8-7-9-17(19)2/h7-14,21H,6,15-16H2,1-5H3,(H,26,29). The zero-order valence-electron chi connectivity index (χ0n) is 18.0. The fraction of sp³-hybridized carbons (Fsp3) is 0.417. The number of hydrogen-bond donors (Lipinski definition) is 1. The molecule has 5 heteroatoms. The summed E-state index contributed by atoms with van der Waals surface area (Å²) in [5.74, 6) is -0.635. The lowest BCUT2D eigenvalue weighted by atomic mass is 10.0. The number of carbonyl (C=O) groups excluding carboxylic acids is 2. The van der Waals surface area contributed by atoms with Crippen molar-refractivity contribution in [2.75, 3.05) is 0 Å². The summed E-state index contributed by atoms with van der Waals surface area (Å²) in [5.41, 5.74) is 2.36. The first-order valence-corrected chi connectivity index (χ1v) is 10.0. The molecule has 2 aromatic rings. The predicted octanol–water partition coefficient (Wildman–Crippen LogP) is 4.40. The number of halogens is 1. The Morgan fingerprint density at radius 1 is 1.07 bits per heavy atom. The summed E-state index contributed by atoms with van der Waals surface area (Å²) in [6.07, 6.45) is 0.704. The average molecular weight is 399 g/mol. The van der Waals surface area contributed by atoms with Gasteiger partial charge in [-0.25, -0.2) is 4.39 Å². The van der Waals surface area contributed by atoms with Crippen molar-refractivity contribution in [3.05, 3.63) is 71.0 Å². The summed E-state index contributed by atoms with van der Waals surface area (Å²) in [4.78, 5) is 27.8. The second-order valence-corrected chi connectivity index (χ2v) is 8.41. The van der Waals surface area contributed by atoms with E-state index in [1.165, 1.54) is 12.1 Å². The SMILES string of the molecule is CCC(C(=O)NC(C)(C)C)N(Cc1ccc(F)cc1)C(=O)Cc1ccccc1C. The van der Waals surface area contributed by atoms with Crippen LogP contribution in [0, 0.1) is 12.7 Å². The van der Waals surface area contributed by atoms with E-state index in [-0.39, 0.29) is 30.6 Å². The van der Waals surface area contributed by atoms with Gasteiger partial charge in [-0.15, -0.1) is 0 Å². The highest BCUT2D eigenvalue weighted by atomic mass is 19.1. The van der Waals surface area contributed by atoms with Crippen LogP contribution in [0.1, 0.15) is 50.8 Å². The third-order valence-corrected chi connectivity index (χ3v) is 4.75. The highest BCUT2D eigenvalue weighted by molar-refractivity contribution is 5.89. The van der Waals surface area contributed by atoms with Gasteiger partial charge in [0.2, 0.25) is 11.8 Å². The third-order valence-electron chi connectivity index (χ3n) is 4.75. The highest BCUT2D eigenvalue weighted by Crippen LogP contribution is 2.17. The highest BCUT2D eigenvalue weighted by Gasteiger charge is 2.30. The van der Waals surface area contributed by atoms with E-state index in [2.05, 4.69) is 5.32 Å². The molecule has 0 aliphatic rings. The van der Waals surface area contributed by atoms with Crippen LogP contribution in [0.25, 0.3) is 0 Å². The molecular weight excluding hydrogens is 367 g/mol. The van der Waals surface area contributed by atoms with Gasteiger partial charge in [0.25, 0.3) is 0 Å². The van der Waals surface area contributed by atoms with Crippen LogP contribution >= 0.6 is 0 Å². The van der Waals surface area contributed by atoms with Gasteiger partial charge < -0.3 is 10.2 Å². The molecule has 0 saturated carbocycles. The fourth-order valence-electron chi connectivity index (χ4n) is 3.23. The Labute approximate surface area is 173 Å². The van der Waals surface area contributed by atoms with Gasteiger partial charge in [0.1, 0.15) is 11.9 Å². The van der Waals surface area contributed by atoms with Gasteiger partial charge in [-0.3, -0.25) is 9.59 Å². The van der Waals surface area contributed by atoms with Crippen molar-refractivity contribution in [3.63, 3.8) is 0 Å². The van der Waals surface area contributed by atoms with Crippen LogP contribution in [0.15, 0.2) is 48.5 Å². The third kappa shape index (κ3) is 6.70. The number of hydrogen-bond acceptors (Lipinski definition) is 2. The van der Waals surface area contributed by atoms with Crippen molar-refractivity contribution in [3.8, 4) is 0 Å². The van der Waals surface area contributed by atoms with Crippen molar-refractivity contribution in [2.24, 2.45) is 0 Å². The molecule has 156 valence electrons. The monoisotopic (exact) mass is 398 g/mol. The second kappa shape index (κ2) is 9.68. The smallest absolute Gasteiger partial charge is 0.243 e. The van der Waals surface area contributed by atoms with E-state index >= 15 is 0 Å². The van der Waals surface area contributed by atoms with Crippen molar-refractivity contribution in [1.29, 1.82) is 0 Å². The molecule has 29 heavy (non-hydrogen) atoms. The van der Waals surface area contributed by atoms with Crippen LogP contribution < -0.4 is 5.32 Å². The summed E-state index contributed by atoms with van der Waals surface area (Å²) in [6, 6.07) is 13.2. The minimum atomic E-state index is -0.601. The van der Waals surface area contributed by atoms with Crippen molar-refractivity contribution in [2.45, 2.75) is 65.6 Å². The number of aryl methyl sites for hydroxylation is 1.